The van der Waals surface area contributed by atoms with E-state index in [9.17, 15) is 4.79 Å². The van der Waals surface area contributed by atoms with Gasteiger partial charge in [-0.15, -0.1) is 0 Å². The van der Waals surface area contributed by atoms with Gasteiger partial charge < -0.3 is 4.74 Å². The van der Waals surface area contributed by atoms with Crippen molar-refractivity contribution >= 4 is 11.7 Å². The molecule has 1 aromatic heterocycles. The van der Waals surface area contributed by atoms with E-state index >= 15 is 0 Å². The van der Waals surface area contributed by atoms with Crippen LogP contribution in [0.5, 0.6) is 5.75 Å². The van der Waals surface area contributed by atoms with Crippen molar-refractivity contribution < 1.29 is 9.53 Å². The van der Waals surface area contributed by atoms with Crippen molar-refractivity contribution in [3.8, 4) is 5.75 Å². The standard InChI is InChI=1S/C26H30N4O2/c1-19-22-13-14-25(31)30(16-15-20-9-5-4-6-10-20)26(22)28-24(27-19)18-29(2)17-21-11-7-8-12-23(21)32-3/h4-12H,13-18H2,1-3H3. The maximum Gasteiger partial charge on any atom is 0.228 e. The Morgan fingerprint density at radius 3 is 2.53 bits per heavy atom. The largest absolute Gasteiger partial charge is 0.496 e. The van der Waals surface area contributed by atoms with Crippen LogP contribution < -0.4 is 9.64 Å². The van der Waals surface area contributed by atoms with Gasteiger partial charge in [-0.1, -0.05) is 48.5 Å². The fourth-order valence-electron chi connectivity index (χ4n) is 4.25. The SMILES string of the molecule is COc1ccccc1CN(C)Cc1nc(C)c2c(n1)N(CCc1ccccc1)C(=O)CC2. The molecule has 3 aromatic rings. The number of carbonyl (C=O) groups is 1. The summed E-state index contributed by atoms with van der Waals surface area (Å²) < 4.78 is 5.48. The molecule has 1 aliphatic rings. The molecule has 2 heterocycles. The van der Waals surface area contributed by atoms with Crippen LogP contribution in [0.15, 0.2) is 54.6 Å². The average Bonchev–Trinajstić information content (AvgIpc) is 2.79. The summed E-state index contributed by atoms with van der Waals surface area (Å²) in [7, 11) is 3.73. The van der Waals surface area contributed by atoms with Gasteiger partial charge >= 0.3 is 0 Å². The molecule has 0 N–H and O–H groups in total. The van der Waals surface area contributed by atoms with Crippen molar-refractivity contribution in [2.45, 2.75) is 39.3 Å². The van der Waals surface area contributed by atoms with Crippen molar-refractivity contribution in [2.24, 2.45) is 0 Å². The van der Waals surface area contributed by atoms with E-state index in [-0.39, 0.29) is 5.91 Å². The maximum atomic E-state index is 12.8. The fraction of sp³-hybridized carbons (Fsp3) is 0.346. The number of para-hydroxylation sites is 1. The van der Waals surface area contributed by atoms with E-state index in [1.165, 1.54) is 5.56 Å². The molecule has 2 aromatic carbocycles. The summed E-state index contributed by atoms with van der Waals surface area (Å²) in [6, 6.07) is 18.3. The van der Waals surface area contributed by atoms with Crippen LogP contribution in [0.25, 0.3) is 0 Å². The Balaban J connectivity index is 1.53. The highest BCUT2D eigenvalue weighted by molar-refractivity contribution is 5.95. The molecule has 0 bridgehead atoms. The molecule has 0 aliphatic carbocycles. The number of amides is 1. The van der Waals surface area contributed by atoms with Crippen LogP contribution >= 0.6 is 0 Å². The molecule has 32 heavy (non-hydrogen) atoms. The quantitative estimate of drug-likeness (QED) is 0.542. The average molecular weight is 431 g/mol. The summed E-state index contributed by atoms with van der Waals surface area (Å²) in [5.74, 6) is 2.53. The fourth-order valence-corrected chi connectivity index (χ4v) is 4.25. The Bertz CT molecular complexity index is 1080. The van der Waals surface area contributed by atoms with E-state index in [1.807, 2.05) is 55.3 Å². The molecule has 0 unspecified atom stereocenters. The third-order valence-corrected chi connectivity index (χ3v) is 5.89. The summed E-state index contributed by atoms with van der Waals surface area (Å²) in [6.07, 6.45) is 2.02. The molecular weight excluding hydrogens is 400 g/mol. The van der Waals surface area contributed by atoms with Crippen molar-refractivity contribution in [1.29, 1.82) is 0 Å². The number of benzene rings is 2. The Labute approximate surface area is 189 Å². The highest BCUT2D eigenvalue weighted by Gasteiger charge is 2.28. The minimum atomic E-state index is 0.139. The second-order valence-corrected chi connectivity index (χ2v) is 8.29. The second kappa shape index (κ2) is 9.92. The first-order valence-corrected chi connectivity index (χ1v) is 11.1. The van der Waals surface area contributed by atoms with E-state index in [2.05, 4.69) is 23.1 Å². The Hall–Kier alpha value is -3.25. The molecule has 1 aliphatic heterocycles. The Morgan fingerprint density at radius 2 is 1.75 bits per heavy atom. The van der Waals surface area contributed by atoms with Crippen molar-refractivity contribution in [2.75, 3.05) is 25.6 Å². The topological polar surface area (TPSA) is 58.6 Å². The molecule has 1 amide bonds. The molecule has 0 spiro atoms. The van der Waals surface area contributed by atoms with Crippen LogP contribution in [-0.2, 0) is 30.7 Å². The zero-order valence-electron chi connectivity index (χ0n) is 19.0. The number of fused-ring (bicyclic) bond motifs is 1. The van der Waals surface area contributed by atoms with E-state index in [1.54, 1.807) is 7.11 Å². The predicted molar refractivity (Wildman–Crippen MR) is 126 cm³/mol. The van der Waals surface area contributed by atoms with Gasteiger partial charge in [-0.05, 0) is 38.4 Å². The molecule has 6 nitrogen and oxygen atoms in total. The maximum absolute atomic E-state index is 12.8. The zero-order valence-corrected chi connectivity index (χ0v) is 19.0. The minimum Gasteiger partial charge on any atom is -0.496 e. The molecule has 0 saturated heterocycles. The minimum absolute atomic E-state index is 0.139. The van der Waals surface area contributed by atoms with E-state index in [0.717, 1.165) is 47.2 Å². The number of ether oxygens (including phenoxy) is 1. The Kier molecular flexibility index (Phi) is 6.81. The monoisotopic (exact) mass is 430 g/mol. The lowest BCUT2D eigenvalue weighted by Gasteiger charge is -2.30. The van der Waals surface area contributed by atoms with Gasteiger partial charge in [0, 0.05) is 36.3 Å². The number of aryl methyl sites for hydroxylation is 1. The molecule has 0 fully saturated rings. The smallest absolute Gasteiger partial charge is 0.228 e. The van der Waals surface area contributed by atoms with Crippen molar-refractivity contribution in [3.05, 3.63) is 82.8 Å². The second-order valence-electron chi connectivity index (χ2n) is 8.29. The number of aromatic nitrogens is 2. The lowest BCUT2D eigenvalue weighted by Crippen LogP contribution is -2.38. The van der Waals surface area contributed by atoms with Crippen LogP contribution in [0.1, 0.15) is 34.6 Å². The van der Waals surface area contributed by atoms with Gasteiger partial charge in [-0.3, -0.25) is 14.6 Å². The summed E-state index contributed by atoms with van der Waals surface area (Å²) in [5.41, 5.74) is 4.39. The number of nitrogens with zero attached hydrogens (tertiary/aromatic N) is 4. The normalized spacial score (nSPS) is 13.4. The molecule has 0 saturated carbocycles. The number of anilines is 1. The van der Waals surface area contributed by atoms with Crippen LogP contribution in [0.3, 0.4) is 0 Å². The number of rotatable bonds is 8. The molecular formula is C26H30N4O2. The first-order valence-electron chi connectivity index (χ1n) is 11.1. The first-order chi connectivity index (χ1) is 15.5. The van der Waals surface area contributed by atoms with E-state index in [0.29, 0.717) is 25.9 Å². The number of hydrogen-bond acceptors (Lipinski definition) is 5. The molecule has 0 atom stereocenters. The molecule has 6 heteroatoms. The van der Waals surface area contributed by atoms with Crippen LogP contribution in [-0.4, -0.2) is 41.5 Å². The number of methoxy groups -OCH3 is 1. The molecule has 0 radical (unpaired) electrons. The summed E-state index contributed by atoms with van der Waals surface area (Å²) in [6.45, 7) is 3.96. The molecule has 4 rings (SSSR count). The van der Waals surface area contributed by atoms with E-state index in [4.69, 9.17) is 14.7 Å². The number of carbonyl (C=O) groups excluding carboxylic acids is 1. The number of hydrogen-bond donors (Lipinski definition) is 0. The van der Waals surface area contributed by atoms with Gasteiger partial charge in [0.15, 0.2) is 0 Å². The zero-order chi connectivity index (χ0) is 22.5. The van der Waals surface area contributed by atoms with Crippen LogP contribution in [0.4, 0.5) is 5.82 Å². The van der Waals surface area contributed by atoms with Gasteiger partial charge in [-0.25, -0.2) is 9.97 Å². The summed E-state index contributed by atoms with van der Waals surface area (Å²) in [5, 5.41) is 0. The third-order valence-electron chi connectivity index (χ3n) is 5.89. The van der Waals surface area contributed by atoms with Crippen molar-refractivity contribution in [1.82, 2.24) is 14.9 Å². The lowest BCUT2D eigenvalue weighted by atomic mass is 10.0. The summed E-state index contributed by atoms with van der Waals surface area (Å²) in [4.78, 5) is 26.4. The predicted octanol–water partition coefficient (Wildman–Crippen LogP) is 3.95. The van der Waals surface area contributed by atoms with Gasteiger partial charge in [0.25, 0.3) is 0 Å². The summed E-state index contributed by atoms with van der Waals surface area (Å²) >= 11 is 0. The first kappa shape index (κ1) is 22.0. The van der Waals surface area contributed by atoms with Gasteiger partial charge in [0.05, 0.1) is 13.7 Å². The van der Waals surface area contributed by atoms with Gasteiger partial charge in [-0.2, -0.15) is 0 Å². The highest BCUT2D eigenvalue weighted by Crippen LogP contribution is 2.28. The Morgan fingerprint density at radius 1 is 1.00 bits per heavy atom. The van der Waals surface area contributed by atoms with Crippen molar-refractivity contribution in [3.63, 3.8) is 0 Å². The molecule has 166 valence electrons. The van der Waals surface area contributed by atoms with Gasteiger partial charge in [0.1, 0.15) is 17.4 Å². The van der Waals surface area contributed by atoms with Crippen LogP contribution in [0, 0.1) is 6.92 Å². The lowest BCUT2D eigenvalue weighted by molar-refractivity contribution is -0.118. The van der Waals surface area contributed by atoms with Crippen LogP contribution in [0.2, 0.25) is 0 Å². The van der Waals surface area contributed by atoms with Gasteiger partial charge in [0.2, 0.25) is 5.91 Å². The highest BCUT2D eigenvalue weighted by atomic mass is 16.5. The third kappa shape index (κ3) is 4.97. The van der Waals surface area contributed by atoms with E-state index < -0.39 is 0 Å².